The summed E-state index contributed by atoms with van der Waals surface area (Å²) in [4.78, 5) is 14.8. The molecule has 1 aliphatic carbocycles. The van der Waals surface area contributed by atoms with Gasteiger partial charge in [-0.1, -0.05) is 54.4 Å². The first-order valence-electron chi connectivity index (χ1n) is 12.1. The molecule has 0 unspecified atom stereocenters. The van der Waals surface area contributed by atoms with Crippen molar-refractivity contribution in [2.45, 2.75) is 38.6 Å². The number of pyridine rings is 1. The Balaban J connectivity index is 0.00000253. The van der Waals surface area contributed by atoms with Crippen molar-refractivity contribution in [1.82, 2.24) is 19.1 Å². The zero-order valence-corrected chi connectivity index (χ0v) is 22.3. The quantitative estimate of drug-likeness (QED) is 0.211. The number of aliphatic imine (C=N–C) groups is 1. The minimum atomic E-state index is 0. The molecule has 6 heteroatoms. The number of para-hydroxylation sites is 2. The van der Waals surface area contributed by atoms with E-state index in [1.807, 2.05) is 31.3 Å². The zero-order valence-electron chi connectivity index (χ0n) is 20.1. The molecule has 1 aliphatic rings. The minimum Gasteiger partial charge on any atom is -0.397 e. The van der Waals surface area contributed by atoms with Crippen LogP contribution < -0.4 is 0 Å². The van der Waals surface area contributed by atoms with E-state index in [1.165, 1.54) is 30.5 Å². The van der Waals surface area contributed by atoms with Gasteiger partial charge in [-0.3, -0.25) is 9.98 Å². The van der Waals surface area contributed by atoms with Crippen LogP contribution >= 0.6 is 0 Å². The van der Waals surface area contributed by atoms with Crippen LogP contribution in [0.15, 0.2) is 65.7 Å². The van der Waals surface area contributed by atoms with Gasteiger partial charge in [-0.15, -0.1) is 11.5 Å². The van der Waals surface area contributed by atoms with E-state index in [0.717, 1.165) is 64.2 Å². The molecule has 0 N–H and O–H groups in total. The Morgan fingerprint density at radius 3 is 2.37 bits per heavy atom. The molecule has 0 amide bonds. The maximum Gasteiger partial charge on any atom is 0.158 e. The average Bonchev–Trinajstić information content (AvgIpc) is 3.41. The number of hydrogen-bond donors (Lipinski definition) is 0. The van der Waals surface area contributed by atoms with E-state index in [0.29, 0.717) is 0 Å². The van der Waals surface area contributed by atoms with Gasteiger partial charge in [-0.05, 0) is 55.1 Å². The van der Waals surface area contributed by atoms with Crippen LogP contribution in [0.4, 0.5) is 0 Å². The maximum absolute atomic E-state index is 5.01. The second kappa shape index (κ2) is 9.91. The molecule has 0 spiro atoms. The Morgan fingerprint density at radius 1 is 0.800 bits per heavy atom. The van der Waals surface area contributed by atoms with E-state index >= 15 is 0 Å². The number of benzene rings is 2. The molecule has 3 aromatic heterocycles. The van der Waals surface area contributed by atoms with Crippen LogP contribution in [-0.4, -0.2) is 24.8 Å². The second-order valence-corrected chi connectivity index (χ2v) is 9.18. The normalized spacial score (nSPS) is 13.8. The molecule has 0 radical (unpaired) electrons. The predicted octanol–water partition coefficient (Wildman–Crippen LogP) is 6.50. The van der Waals surface area contributed by atoms with Gasteiger partial charge in [0.1, 0.15) is 0 Å². The summed E-state index contributed by atoms with van der Waals surface area (Å²) < 4.78 is 4.29. The van der Waals surface area contributed by atoms with Gasteiger partial charge in [0.2, 0.25) is 0 Å². The smallest absolute Gasteiger partial charge is 0.158 e. The summed E-state index contributed by atoms with van der Waals surface area (Å²) in [5.41, 5.74) is 8.57. The summed E-state index contributed by atoms with van der Waals surface area (Å²) in [6, 6.07) is 24.4. The number of rotatable bonds is 4. The van der Waals surface area contributed by atoms with E-state index in [4.69, 9.17) is 15.0 Å². The number of nitrogens with zero attached hydrogens (tertiary/aromatic N) is 5. The molecule has 35 heavy (non-hydrogen) atoms. The van der Waals surface area contributed by atoms with Crippen LogP contribution in [0.5, 0.6) is 0 Å². The van der Waals surface area contributed by atoms with Gasteiger partial charge >= 0.3 is 0 Å². The zero-order chi connectivity index (χ0) is 23.1. The van der Waals surface area contributed by atoms with Crippen molar-refractivity contribution < 1.29 is 21.1 Å². The van der Waals surface area contributed by atoms with E-state index in [1.54, 1.807) is 0 Å². The topological polar surface area (TPSA) is 48.0 Å². The van der Waals surface area contributed by atoms with Crippen LogP contribution in [0.1, 0.15) is 37.7 Å². The summed E-state index contributed by atoms with van der Waals surface area (Å²) >= 11 is 0. The third kappa shape index (κ3) is 4.38. The van der Waals surface area contributed by atoms with Crippen molar-refractivity contribution in [1.29, 1.82) is 0 Å². The Labute approximate surface area is 220 Å². The summed E-state index contributed by atoms with van der Waals surface area (Å²) in [6.07, 6.45) is 6.19. The predicted molar refractivity (Wildman–Crippen MR) is 139 cm³/mol. The van der Waals surface area contributed by atoms with E-state index in [9.17, 15) is 0 Å². The maximum atomic E-state index is 5.01. The standard InChI is InChI=1S/C29H28N5.Pt/c1-33-26-17-8-10-20(19-30-21-11-4-3-5-12-21)22(26)18-28(33)24-14-9-15-25(31-24)29-32-23-13-6-7-16-27(23)34(29)2;/h6-10,13-17H,3-5,11-12,19H2,1-2H3;/q-1;. The summed E-state index contributed by atoms with van der Waals surface area (Å²) in [6.45, 7) is 0.722. The molecular formula is C29H28N5Pt-. The number of imidazole rings is 1. The fraction of sp³-hybridized carbons (Fsp3) is 0.276. The SMILES string of the molecule is Cn1c(-c2cccc(-c3[c-]c4c(CN=C5CCCCC5)cccc4n3C)n2)nc2ccccc21.[Pt]. The Bertz CT molecular complexity index is 1530. The Hall–Kier alpha value is -3.04. The molecule has 1 saturated carbocycles. The number of hydrogen-bond acceptors (Lipinski definition) is 3. The number of aryl methyl sites for hydroxylation is 2. The van der Waals surface area contributed by atoms with Crippen LogP contribution in [0.3, 0.4) is 0 Å². The van der Waals surface area contributed by atoms with Gasteiger partial charge in [0.05, 0.1) is 16.7 Å². The molecule has 5 aromatic rings. The third-order valence-corrected chi connectivity index (χ3v) is 6.98. The largest absolute Gasteiger partial charge is 0.397 e. The molecule has 0 atom stereocenters. The van der Waals surface area contributed by atoms with E-state index in [-0.39, 0.29) is 21.1 Å². The van der Waals surface area contributed by atoms with Crippen molar-refractivity contribution in [2.75, 3.05) is 0 Å². The van der Waals surface area contributed by atoms with Gasteiger partial charge in [-0.2, -0.15) is 0 Å². The van der Waals surface area contributed by atoms with Crippen molar-refractivity contribution in [3.63, 3.8) is 0 Å². The molecular weight excluding hydrogens is 613 g/mol. The first kappa shape index (κ1) is 23.7. The molecule has 2 aromatic carbocycles. The average molecular weight is 642 g/mol. The summed E-state index contributed by atoms with van der Waals surface area (Å²) in [5, 5.41) is 1.13. The van der Waals surface area contributed by atoms with Crippen LogP contribution in [0, 0.1) is 6.07 Å². The number of fused-ring (bicyclic) bond motifs is 2. The van der Waals surface area contributed by atoms with E-state index < -0.39 is 0 Å². The molecule has 1 fully saturated rings. The van der Waals surface area contributed by atoms with Crippen molar-refractivity contribution >= 4 is 27.6 Å². The summed E-state index contributed by atoms with van der Waals surface area (Å²) in [7, 11) is 4.14. The van der Waals surface area contributed by atoms with E-state index in [2.05, 4.69) is 58.6 Å². The van der Waals surface area contributed by atoms with Gasteiger partial charge < -0.3 is 9.13 Å². The second-order valence-electron chi connectivity index (χ2n) is 9.18. The number of aromatic nitrogens is 4. The minimum absolute atomic E-state index is 0. The fourth-order valence-electron chi connectivity index (χ4n) is 5.08. The molecule has 5 nitrogen and oxygen atoms in total. The van der Waals surface area contributed by atoms with Gasteiger partial charge in [0.15, 0.2) is 5.82 Å². The molecule has 0 aliphatic heterocycles. The van der Waals surface area contributed by atoms with Gasteiger partial charge in [0.25, 0.3) is 0 Å². The monoisotopic (exact) mass is 641 g/mol. The van der Waals surface area contributed by atoms with Crippen LogP contribution in [-0.2, 0) is 41.7 Å². The third-order valence-electron chi connectivity index (χ3n) is 6.98. The fourth-order valence-corrected chi connectivity index (χ4v) is 5.08. The molecule has 6 rings (SSSR count). The van der Waals surface area contributed by atoms with Gasteiger partial charge in [-0.25, -0.2) is 4.98 Å². The summed E-state index contributed by atoms with van der Waals surface area (Å²) in [5.74, 6) is 0.866. The molecule has 3 heterocycles. The van der Waals surface area contributed by atoms with Crippen molar-refractivity contribution in [2.24, 2.45) is 19.1 Å². The van der Waals surface area contributed by atoms with Crippen molar-refractivity contribution in [3.05, 3.63) is 72.3 Å². The first-order valence-corrected chi connectivity index (χ1v) is 12.1. The Kier molecular flexibility index (Phi) is 6.71. The van der Waals surface area contributed by atoms with Crippen LogP contribution in [0.2, 0.25) is 0 Å². The molecule has 0 bridgehead atoms. The van der Waals surface area contributed by atoms with Gasteiger partial charge in [0, 0.05) is 53.1 Å². The molecule has 0 saturated heterocycles. The Morgan fingerprint density at radius 2 is 1.54 bits per heavy atom. The molecule has 180 valence electrons. The van der Waals surface area contributed by atoms with Crippen molar-refractivity contribution in [3.8, 4) is 22.9 Å². The first-order chi connectivity index (χ1) is 16.7. The van der Waals surface area contributed by atoms with Crippen LogP contribution in [0.25, 0.3) is 44.8 Å².